The number of hydrogen-bond donors (Lipinski definition) is 2. The molecular formula is C8H13N3OS. The summed E-state index contributed by atoms with van der Waals surface area (Å²) in [6, 6.07) is 1.80. The number of rotatable bonds is 2. The van der Waals surface area contributed by atoms with Crippen molar-refractivity contribution in [1.82, 2.24) is 5.32 Å². The van der Waals surface area contributed by atoms with E-state index in [1.54, 1.807) is 13.1 Å². The van der Waals surface area contributed by atoms with Gasteiger partial charge in [0.15, 0.2) is 0 Å². The van der Waals surface area contributed by atoms with E-state index in [9.17, 15) is 4.79 Å². The molecule has 3 N–H and O–H groups in total. The molecule has 0 unspecified atom stereocenters. The number of anilines is 2. The predicted molar refractivity (Wildman–Crippen MR) is 56.4 cm³/mol. The molecule has 1 heterocycles. The molecule has 13 heavy (non-hydrogen) atoms. The molecule has 72 valence electrons. The van der Waals surface area contributed by atoms with Gasteiger partial charge in [0.2, 0.25) is 0 Å². The first kappa shape index (κ1) is 9.85. The van der Waals surface area contributed by atoms with Gasteiger partial charge in [0.1, 0.15) is 4.88 Å². The van der Waals surface area contributed by atoms with Crippen molar-refractivity contribution in [2.75, 3.05) is 31.8 Å². The molecule has 0 aliphatic heterocycles. The first-order valence-electron chi connectivity index (χ1n) is 3.85. The monoisotopic (exact) mass is 199 g/mol. The molecule has 0 spiro atoms. The largest absolute Gasteiger partial charge is 0.397 e. The lowest BCUT2D eigenvalue weighted by Crippen LogP contribution is -2.17. The van der Waals surface area contributed by atoms with Crippen LogP contribution in [0.1, 0.15) is 9.67 Å². The molecule has 0 aromatic carbocycles. The third kappa shape index (κ3) is 1.92. The fourth-order valence-electron chi connectivity index (χ4n) is 0.903. The summed E-state index contributed by atoms with van der Waals surface area (Å²) in [6.45, 7) is 0. The normalized spacial score (nSPS) is 9.77. The van der Waals surface area contributed by atoms with Crippen molar-refractivity contribution in [3.05, 3.63) is 10.9 Å². The average molecular weight is 199 g/mol. The van der Waals surface area contributed by atoms with Crippen molar-refractivity contribution in [2.45, 2.75) is 0 Å². The predicted octanol–water partition coefficient (Wildman–Crippen LogP) is 0.756. The van der Waals surface area contributed by atoms with Gasteiger partial charge >= 0.3 is 0 Å². The zero-order valence-corrected chi connectivity index (χ0v) is 8.73. The van der Waals surface area contributed by atoms with E-state index in [1.165, 1.54) is 11.3 Å². The second-order valence-corrected chi connectivity index (χ2v) is 3.87. The number of thiophene rings is 1. The van der Waals surface area contributed by atoms with E-state index >= 15 is 0 Å². The maximum absolute atomic E-state index is 11.3. The van der Waals surface area contributed by atoms with Crippen LogP contribution in [0.2, 0.25) is 0 Å². The maximum atomic E-state index is 11.3. The van der Waals surface area contributed by atoms with Crippen molar-refractivity contribution in [1.29, 1.82) is 0 Å². The minimum Gasteiger partial charge on any atom is -0.397 e. The molecule has 0 bridgehead atoms. The van der Waals surface area contributed by atoms with E-state index in [2.05, 4.69) is 5.32 Å². The molecule has 0 fully saturated rings. The lowest BCUT2D eigenvalue weighted by Gasteiger charge is -2.06. The third-order valence-electron chi connectivity index (χ3n) is 1.62. The summed E-state index contributed by atoms with van der Waals surface area (Å²) in [6.07, 6.45) is 0. The van der Waals surface area contributed by atoms with Crippen LogP contribution in [0, 0.1) is 0 Å². The first-order chi connectivity index (χ1) is 6.06. The van der Waals surface area contributed by atoms with Crippen LogP contribution >= 0.6 is 11.3 Å². The second kappa shape index (κ2) is 3.66. The second-order valence-electron chi connectivity index (χ2n) is 2.84. The maximum Gasteiger partial charge on any atom is 0.263 e. The molecule has 0 aliphatic carbocycles. The van der Waals surface area contributed by atoms with Crippen molar-refractivity contribution >= 4 is 27.9 Å². The SMILES string of the molecule is CNC(=O)c1sc(N(C)C)cc1N. The highest BCUT2D eigenvalue weighted by atomic mass is 32.1. The van der Waals surface area contributed by atoms with E-state index in [-0.39, 0.29) is 5.91 Å². The Morgan fingerprint density at radius 1 is 1.62 bits per heavy atom. The number of nitrogen functional groups attached to an aromatic ring is 1. The van der Waals surface area contributed by atoms with Gasteiger partial charge < -0.3 is 16.0 Å². The van der Waals surface area contributed by atoms with Crippen LogP contribution in [0.15, 0.2) is 6.07 Å². The van der Waals surface area contributed by atoms with Gasteiger partial charge in [-0.2, -0.15) is 0 Å². The van der Waals surface area contributed by atoms with Crippen LogP contribution in [-0.2, 0) is 0 Å². The van der Waals surface area contributed by atoms with Gasteiger partial charge in [-0.1, -0.05) is 0 Å². The molecule has 0 saturated heterocycles. The van der Waals surface area contributed by atoms with E-state index in [1.807, 2.05) is 19.0 Å². The molecular weight excluding hydrogens is 186 g/mol. The van der Waals surface area contributed by atoms with Gasteiger partial charge in [-0.25, -0.2) is 0 Å². The van der Waals surface area contributed by atoms with Gasteiger partial charge in [0.05, 0.1) is 10.7 Å². The number of amides is 1. The summed E-state index contributed by atoms with van der Waals surface area (Å²) < 4.78 is 0. The first-order valence-corrected chi connectivity index (χ1v) is 4.66. The molecule has 4 nitrogen and oxygen atoms in total. The van der Waals surface area contributed by atoms with Crippen molar-refractivity contribution < 1.29 is 4.79 Å². The minimum absolute atomic E-state index is 0.129. The summed E-state index contributed by atoms with van der Waals surface area (Å²) in [7, 11) is 5.43. The molecule has 1 rings (SSSR count). The van der Waals surface area contributed by atoms with Gasteiger partial charge in [-0.15, -0.1) is 11.3 Å². The standard InChI is InChI=1S/C8H13N3OS/c1-10-8(12)7-5(9)4-6(13-7)11(2)3/h4H,9H2,1-3H3,(H,10,12). The lowest BCUT2D eigenvalue weighted by molar-refractivity contribution is 0.0968. The van der Waals surface area contributed by atoms with Crippen LogP contribution in [-0.4, -0.2) is 27.1 Å². The smallest absolute Gasteiger partial charge is 0.263 e. The third-order valence-corrected chi connectivity index (χ3v) is 2.94. The van der Waals surface area contributed by atoms with Gasteiger partial charge in [0, 0.05) is 21.1 Å². The Labute approximate surface area is 81.3 Å². The highest BCUT2D eigenvalue weighted by Crippen LogP contribution is 2.30. The summed E-state index contributed by atoms with van der Waals surface area (Å²) in [4.78, 5) is 13.8. The van der Waals surface area contributed by atoms with Gasteiger partial charge in [-0.3, -0.25) is 4.79 Å². The number of hydrogen-bond acceptors (Lipinski definition) is 4. The molecule has 1 aromatic heterocycles. The Bertz CT molecular complexity index is 319. The molecule has 1 aromatic rings. The van der Waals surface area contributed by atoms with Crippen LogP contribution in [0.3, 0.4) is 0 Å². The summed E-state index contributed by atoms with van der Waals surface area (Å²) in [5, 5.41) is 3.53. The zero-order chi connectivity index (χ0) is 10.0. The number of nitrogens with two attached hydrogens (primary N) is 1. The van der Waals surface area contributed by atoms with Crippen LogP contribution in [0.4, 0.5) is 10.7 Å². The van der Waals surface area contributed by atoms with Crippen LogP contribution < -0.4 is 16.0 Å². The van der Waals surface area contributed by atoms with Gasteiger partial charge in [0.25, 0.3) is 5.91 Å². The fourth-order valence-corrected chi connectivity index (χ4v) is 1.85. The van der Waals surface area contributed by atoms with Crippen LogP contribution in [0.25, 0.3) is 0 Å². The Morgan fingerprint density at radius 3 is 2.62 bits per heavy atom. The Morgan fingerprint density at radius 2 is 2.23 bits per heavy atom. The molecule has 0 saturated carbocycles. The Kier molecular flexibility index (Phi) is 2.77. The van der Waals surface area contributed by atoms with E-state index in [4.69, 9.17) is 5.73 Å². The number of carbonyl (C=O) groups excluding carboxylic acids is 1. The Hall–Kier alpha value is -1.23. The minimum atomic E-state index is -0.129. The topological polar surface area (TPSA) is 58.4 Å². The van der Waals surface area contributed by atoms with E-state index < -0.39 is 0 Å². The highest BCUT2D eigenvalue weighted by molar-refractivity contribution is 7.18. The summed E-state index contributed by atoms with van der Waals surface area (Å²) >= 11 is 1.39. The molecule has 0 radical (unpaired) electrons. The quantitative estimate of drug-likeness (QED) is 0.739. The Balaban J connectivity index is 3.03. The van der Waals surface area contributed by atoms with Crippen molar-refractivity contribution in [3.8, 4) is 0 Å². The number of nitrogens with zero attached hydrogens (tertiary/aromatic N) is 1. The summed E-state index contributed by atoms with van der Waals surface area (Å²) in [5.41, 5.74) is 6.21. The molecule has 0 atom stereocenters. The highest BCUT2D eigenvalue weighted by Gasteiger charge is 2.13. The number of nitrogens with one attached hydrogen (secondary N) is 1. The average Bonchev–Trinajstić information content (AvgIpc) is 2.46. The van der Waals surface area contributed by atoms with E-state index in [0.29, 0.717) is 10.6 Å². The molecule has 5 heteroatoms. The van der Waals surface area contributed by atoms with Crippen molar-refractivity contribution in [2.24, 2.45) is 0 Å². The molecule has 1 amide bonds. The lowest BCUT2D eigenvalue weighted by atomic mass is 10.4. The molecule has 0 aliphatic rings. The van der Waals surface area contributed by atoms with Crippen LogP contribution in [0.5, 0.6) is 0 Å². The number of carbonyl (C=O) groups is 1. The van der Waals surface area contributed by atoms with Gasteiger partial charge in [-0.05, 0) is 6.07 Å². The van der Waals surface area contributed by atoms with E-state index in [0.717, 1.165) is 5.00 Å². The van der Waals surface area contributed by atoms with Crippen molar-refractivity contribution in [3.63, 3.8) is 0 Å². The fraction of sp³-hybridized carbons (Fsp3) is 0.375. The zero-order valence-electron chi connectivity index (χ0n) is 7.92. The summed E-state index contributed by atoms with van der Waals surface area (Å²) in [5.74, 6) is -0.129.